The highest BCUT2D eigenvalue weighted by atomic mass is 35.5. The Morgan fingerprint density at radius 2 is 2.22 bits per heavy atom. The van der Waals surface area contributed by atoms with E-state index in [1.54, 1.807) is 40.5 Å². The fourth-order valence-corrected chi connectivity index (χ4v) is 4.54. The van der Waals surface area contributed by atoms with Gasteiger partial charge in [-0.2, -0.15) is 0 Å². The predicted molar refractivity (Wildman–Crippen MR) is 111 cm³/mol. The van der Waals surface area contributed by atoms with Gasteiger partial charge < -0.3 is 4.74 Å². The maximum absolute atomic E-state index is 13.3. The highest BCUT2D eigenvalue weighted by Gasteiger charge is 2.27. The summed E-state index contributed by atoms with van der Waals surface area (Å²) in [6.07, 6.45) is 3.02. The molecule has 1 aliphatic rings. The number of aryl methyl sites for hydroxylation is 1. The predicted octanol–water partition coefficient (Wildman–Crippen LogP) is 5.34. The van der Waals surface area contributed by atoms with Gasteiger partial charge >= 0.3 is 0 Å². The molecule has 2 aromatic carbocycles. The van der Waals surface area contributed by atoms with Crippen LogP contribution in [0.15, 0.2) is 42.5 Å². The van der Waals surface area contributed by atoms with E-state index in [0.717, 1.165) is 36.1 Å². The zero-order chi connectivity index (χ0) is 18.8. The molecule has 1 aliphatic heterocycles. The second kappa shape index (κ2) is 7.97. The molecule has 0 N–H and O–H groups in total. The molecule has 140 valence electrons. The van der Waals surface area contributed by atoms with Gasteiger partial charge in [-0.05, 0) is 55.2 Å². The van der Waals surface area contributed by atoms with Crippen LogP contribution in [0.1, 0.15) is 35.7 Å². The van der Waals surface area contributed by atoms with Gasteiger partial charge in [0, 0.05) is 17.2 Å². The Hall–Kier alpha value is -1.95. The van der Waals surface area contributed by atoms with Crippen LogP contribution in [0, 0.1) is 0 Å². The number of rotatable bonds is 5. The maximum atomic E-state index is 13.3. The number of carbonyl (C=O) groups excluding carboxylic acids is 1. The van der Waals surface area contributed by atoms with E-state index in [9.17, 15) is 4.79 Å². The van der Waals surface area contributed by atoms with Gasteiger partial charge in [-0.25, -0.2) is 4.98 Å². The lowest BCUT2D eigenvalue weighted by atomic mass is 10.1. The van der Waals surface area contributed by atoms with Crippen LogP contribution >= 0.6 is 22.9 Å². The van der Waals surface area contributed by atoms with E-state index in [4.69, 9.17) is 21.3 Å². The maximum Gasteiger partial charge on any atom is 0.260 e. The van der Waals surface area contributed by atoms with Crippen molar-refractivity contribution in [2.24, 2.45) is 0 Å². The normalized spacial score (nSPS) is 16.7. The number of aromatic nitrogens is 1. The first-order valence-electron chi connectivity index (χ1n) is 9.22. The molecule has 0 radical (unpaired) electrons. The number of nitrogens with zero attached hydrogens (tertiary/aromatic N) is 2. The topological polar surface area (TPSA) is 42.4 Å². The minimum Gasteiger partial charge on any atom is -0.376 e. The van der Waals surface area contributed by atoms with Crippen molar-refractivity contribution in [1.82, 2.24) is 4.98 Å². The first-order valence-corrected chi connectivity index (χ1v) is 10.4. The molecule has 1 fully saturated rings. The van der Waals surface area contributed by atoms with E-state index < -0.39 is 0 Å². The molecule has 6 heteroatoms. The summed E-state index contributed by atoms with van der Waals surface area (Å²) < 4.78 is 6.88. The molecule has 27 heavy (non-hydrogen) atoms. The number of fused-ring (bicyclic) bond motifs is 1. The number of anilines is 1. The van der Waals surface area contributed by atoms with Crippen LogP contribution in [0.4, 0.5) is 5.13 Å². The molecule has 1 amide bonds. The Kier molecular flexibility index (Phi) is 5.43. The third-order valence-corrected chi connectivity index (χ3v) is 6.08. The lowest BCUT2D eigenvalue weighted by molar-refractivity contribution is 0.0917. The number of ether oxygens (including phenoxy) is 1. The lowest BCUT2D eigenvalue weighted by Gasteiger charge is -2.23. The Bertz CT molecular complexity index is 966. The van der Waals surface area contributed by atoms with Crippen molar-refractivity contribution in [3.05, 3.63) is 58.6 Å². The molecule has 1 atom stereocenters. The highest BCUT2D eigenvalue weighted by molar-refractivity contribution is 7.22. The summed E-state index contributed by atoms with van der Waals surface area (Å²) in [4.78, 5) is 19.7. The average Bonchev–Trinajstić information content (AvgIpc) is 3.34. The molecule has 4 rings (SSSR count). The van der Waals surface area contributed by atoms with Crippen molar-refractivity contribution < 1.29 is 9.53 Å². The third kappa shape index (κ3) is 4.00. The molecule has 4 nitrogen and oxygen atoms in total. The number of halogens is 1. The standard InChI is InChI=1S/C21H21ClN2O2S/c1-2-14-8-9-18-19(11-14)27-21(23-18)24(13-17-7-4-10-26-17)20(25)15-5-3-6-16(22)12-15/h3,5-6,8-9,11-12,17H,2,4,7,10,13H2,1H3. The molecule has 3 aromatic rings. The van der Waals surface area contributed by atoms with Crippen LogP contribution in [0.25, 0.3) is 10.2 Å². The van der Waals surface area contributed by atoms with Crippen molar-refractivity contribution in [2.45, 2.75) is 32.3 Å². The van der Waals surface area contributed by atoms with Gasteiger partial charge in [-0.15, -0.1) is 0 Å². The van der Waals surface area contributed by atoms with Crippen molar-refractivity contribution >= 4 is 44.2 Å². The van der Waals surface area contributed by atoms with Crippen molar-refractivity contribution in [2.75, 3.05) is 18.1 Å². The third-order valence-electron chi connectivity index (χ3n) is 4.81. The number of amides is 1. The monoisotopic (exact) mass is 400 g/mol. The molecule has 0 spiro atoms. The molecule has 1 aromatic heterocycles. The second-order valence-corrected chi connectivity index (χ2v) is 8.16. The summed E-state index contributed by atoms with van der Waals surface area (Å²) in [5.74, 6) is -0.0947. The average molecular weight is 401 g/mol. The van der Waals surface area contributed by atoms with Gasteiger partial charge in [0.15, 0.2) is 5.13 Å². The Balaban J connectivity index is 1.71. The largest absolute Gasteiger partial charge is 0.376 e. The van der Waals surface area contributed by atoms with E-state index in [0.29, 0.717) is 22.3 Å². The summed E-state index contributed by atoms with van der Waals surface area (Å²) in [5.41, 5.74) is 2.75. The van der Waals surface area contributed by atoms with E-state index >= 15 is 0 Å². The molecular formula is C21H21ClN2O2S. The zero-order valence-corrected chi connectivity index (χ0v) is 16.7. The summed E-state index contributed by atoms with van der Waals surface area (Å²) in [7, 11) is 0. The highest BCUT2D eigenvalue weighted by Crippen LogP contribution is 2.32. The van der Waals surface area contributed by atoms with Crippen molar-refractivity contribution in [3.8, 4) is 0 Å². The summed E-state index contributed by atoms with van der Waals surface area (Å²) >= 11 is 7.65. The van der Waals surface area contributed by atoms with Gasteiger partial charge in [-0.3, -0.25) is 9.69 Å². The first kappa shape index (κ1) is 18.4. The molecular weight excluding hydrogens is 380 g/mol. The Labute approximate surface area is 167 Å². The van der Waals surface area contributed by atoms with E-state index in [2.05, 4.69) is 19.1 Å². The van der Waals surface area contributed by atoms with Crippen molar-refractivity contribution in [3.63, 3.8) is 0 Å². The summed E-state index contributed by atoms with van der Waals surface area (Å²) in [5, 5.41) is 1.26. The Morgan fingerprint density at radius 3 is 2.96 bits per heavy atom. The van der Waals surface area contributed by atoms with Crippen LogP contribution in [-0.4, -0.2) is 30.1 Å². The number of thiazole rings is 1. The van der Waals surface area contributed by atoms with Gasteiger partial charge in [0.05, 0.1) is 22.9 Å². The van der Waals surface area contributed by atoms with Crippen LogP contribution < -0.4 is 4.90 Å². The van der Waals surface area contributed by atoms with Crippen molar-refractivity contribution in [1.29, 1.82) is 0 Å². The molecule has 2 heterocycles. The number of carbonyl (C=O) groups is 1. The smallest absolute Gasteiger partial charge is 0.260 e. The lowest BCUT2D eigenvalue weighted by Crippen LogP contribution is -2.37. The quantitative estimate of drug-likeness (QED) is 0.580. The van der Waals surface area contributed by atoms with E-state index in [1.165, 1.54) is 5.56 Å². The van der Waals surface area contributed by atoms with Gasteiger partial charge in [0.1, 0.15) is 0 Å². The SMILES string of the molecule is CCc1ccc2nc(N(CC3CCCO3)C(=O)c3cccc(Cl)c3)sc2c1. The van der Waals surface area contributed by atoms with Crippen LogP contribution in [0.2, 0.25) is 5.02 Å². The number of benzene rings is 2. The van der Waals surface area contributed by atoms with E-state index in [-0.39, 0.29) is 12.0 Å². The minimum absolute atomic E-state index is 0.0475. The van der Waals surface area contributed by atoms with Crippen LogP contribution in [0.3, 0.4) is 0 Å². The second-order valence-electron chi connectivity index (χ2n) is 6.71. The fraction of sp³-hybridized carbons (Fsp3) is 0.333. The molecule has 0 saturated carbocycles. The van der Waals surface area contributed by atoms with Gasteiger partial charge in [-0.1, -0.05) is 42.0 Å². The van der Waals surface area contributed by atoms with Crippen LogP contribution in [0.5, 0.6) is 0 Å². The number of hydrogen-bond acceptors (Lipinski definition) is 4. The fourth-order valence-electron chi connectivity index (χ4n) is 3.31. The minimum atomic E-state index is -0.0947. The zero-order valence-electron chi connectivity index (χ0n) is 15.2. The van der Waals surface area contributed by atoms with E-state index in [1.807, 2.05) is 6.07 Å². The summed E-state index contributed by atoms with van der Waals surface area (Å²) in [6.45, 7) is 3.39. The molecule has 1 unspecified atom stereocenters. The van der Waals surface area contributed by atoms with Gasteiger partial charge in [0.2, 0.25) is 0 Å². The number of hydrogen-bond donors (Lipinski definition) is 0. The van der Waals surface area contributed by atoms with Crippen LogP contribution in [-0.2, 0) is 11.2 Å². The van der Waals surface area contributed by atoms with Gasteiger partial charge in [0.25, 0.3) is 5.91 Å². The first-order chi connectivity index (χ1) is 13.1. The molecule has 1 saturated heterocycles. The molecule has 0 aliphatic carbocycles. The molecule has 0 bridgehead atoms. The Morgan fingerprint density at radius 1 is 1.33 bits per heavy atom. The summed E-state index contributed by atoms with van der Waals surface area (Å²) in [6, 6.07) is 13.3.